The zero-order valence-electron chi connectivity index (χ0n) is 16.0. The molecule has 5 rings (SSSR count). The zero-order valence-corrected chi connectivity index (χ0v) is 16.9. The van der Waals surface area contributed by atoms with Crippen LogP contribution in [0.4, 0.5) is 10.1 Å². The van der Waals surface area contributed by atoms with Crippen molar-refractivity contribution < 1.29 is 4.39 Å². The number of nitrogens with zero attached hydrogens (tertiary/aromatic N) is 3. The van der Waals surface area contributed by atoms with E-state index in [4.69, 9.17) is 12.2 Å². The molecule has 1 aliphatic heterocycles. The smallest absolute Gasteiger partial charge is 0.174 e. The summed E-state index contributed by atoms with van der Waals surface area (Å²) in [6, 6.07) is 17.1. The first-order valence-corrected chi connectivity index (χ1v) is 10.6. The lowest BCUT2D eigenvalue weighted by Crippen LogP contribution is -2.31. The van der Waals surface area contributed by atoms with Gasteiger partial charge in [-0.3, -0.25) is 4.98 Å². The van der Waals surface area contributed by atoms with Gasteiger partial charge in [0.15, 0.2) is 5.11 Å². The molecule has 1 aromatic carbocycles. The predicted octanol–water partition coefficient (Wildman–Crippen LogP) is 5.31. The molecule has 0 spiro atoms. The Balaban J connectivity index is 1.65. The second-order valence-electron chi connectivity index (χ2n) is 7.73. The summed E-state index contributed by atoms with van der Waals surface area (Å²) in [6.45, 7) is 0. The van der Waals surface area contributed by atoms with Crippen LogP contribution in [0.2, 0.25) is 0 Å². The second kappa shape index (κ2) is 7.59. The van der Waals surface area contributed by atoms with Gasteiger partial charge in [-0.15, -0.1) is 0 Å². The van der Waals surface area contributed by atoms with Gasteiger partial charge in [0.25, 0.3) is 0 Å². The molecular weight excluding hydrogens is 383 g/mol. The van der Waals surface area contributed by atoms with Crippen LogP contribution in [0.3, 0.4) is 0 Å². The lowest BCUT2D eigenvalue weighted by Gasteiger charge is -2.30. The van der Waals surface area contributed by atoms with Crippen molar-refractivity contribution >= 4 is 23.0 Å². The summed E-state index contributed by atoms with van der Waals surface area (Å²) in [6.07, 6.45) is 8.82. The number of halogens is 1. The average molecular weight is 407 g/mol. The molecule has 1 N–H and O–H groups in total. The molecule has 2 atom stereocenters. The van der Waals surface area contributed by atoms with Crippen molar-refractivity contribution in [3.63, 3.8) is 0 Å². The fourth-order valence-corrected chi connectivity index (χ4v) is 5.07. The predicted molar refractivity (Wildman–Crippen MR) is 116 cm³/mol. The number of anilines is 1. The zero-order chi connectivity index (χ0) is 19.8. The number of para-hydroxylation sites is 1. The third-order valence-electron chi connectivity index (χ3n) is 6.04. The van der Waals surface area contributed by atoms with Crippen LogP contribution in [-0.4, -0.2) is 14.7 Å². The normalized spacial score (nSPS) is 22.2. The van der Waals surface area contributed by atoms with Gasteiger partial charge in [-0.2, -0.15) is 0 Å². The number of hydrogen-bond acceptors (Lipinski definition) is 2. The minimum Gasteiger partial charge on any atom is -0.351 e. The van der Waals surface area contributed by atoms with Gasteiger partial charge in [0, 0.05) is 24.1 Å². The van der Waals surface area contributed by atoms with Crippen LogP contribution in [0.25, 0.3) is 0 Å². The average Bonchev–Trinajstić information content (AvgIpc) is 3.48. The first kappa shape index (κ1) is 18.3. The van der Waals surface area contributed by atoms with Gasteiger partial charge in [-0.25, -0.2) is 4.39 Å². The van der Waals surface area contributed by atoms with E-state index < -0.39 is 0 Å². The molecule has 2 aromatic heterocycles. The molecule has 1 aliphatic carbocycles. The Kier molecular flexibility index (Phi) is 4.79. The lowest BCUT2D eigenvalue weighted by atomic mass is 10.00. The monoisotopic (exact) mass is 406 g/mol. The molecule has 0 amide bonds. The van der Waals surface area contributed by atoms with Crippen LogP contribution >= 0.6 is 12.2 Å². The van der Waals surface area contributed by atoms with E-state index in [0.717, 1.165) is 11.4 Å². The van der Waals surface area contributed by atoms with Gasteiger partial charge in [0.2, 0.25) is 0 Å². The van der Waals surface area contributed by atoms with Crippen molar-refractivity contribution in [1.82, 2.24) is 14.9 Å². The summed E-state index contributed by atoms with van der Waals surface area (Å²) >= 11 is 5.70. The molecule has 4 nitrogen and oxygen atoms in total. The number of aromatic nitrogens is 2. The highest BCUT2D eigenvalue weighted by molar-refractivity contribution is 7.80. The van der Waals surface area contributed by atoms with Crippen LogP contribution in [0, 0.1) is 5.82 Å². The van der Waals surface area contributed by atoms with Crippen molar-refractivity contribution in [3.05, 3.63) is 84.2 Å². The second-order valence-corrected chi connectivity index (χ2v) is 8.11. The summed E-state index contributed by atoms with van der Waals surface area (Å²) in [5.74, 6) is -0.276. The minimum absolute atomic E-state index is 0.154. The minimum atomic E-state index is -0.276. The molecule has 0 bridgehead atoms. The lowest BCUT2D eigenvalue weighted by molar-refractivity contribution is 0.460. The van der Waals surface area contributed by atoms with E-state index in [9.17, 15) is 4.39 Å². The van der Waals surface area contributed by atoms with Crippen molar-refractivity contribution in [2.24, 2.45) is 0 Å². The maximum Gasteiger partial charge on any atom is 0.174 e. The molecular formula is C23H23FN4S. The number of rotatable bonds is 4. The first-order chi connectivity index (χ1) is 14.2. The number of hydrogen-bond donors (Lipinski definition) is 1. The van der Waals surface area contributed by atoms with Gasteiger partial charge in [0.05, 0.1) is 17.4 Å². The first-order valence-electron chi connectivity index (χ1n) is 10.2. The van der Waals surface area contributed by atoms with E-state index in [1.54, 1.807) is 18.3 Å². The Morgan fingerprint density at radius 1 is 1.00 bits per heavy atom. The summed E-state index contributed by atoms with van der Waals surface area (Å²) < 4.78 is 17.2. The standard InChI is InChI=1S/C23H23FN4S/c24-17-10-3-4-12-19(17)28-22(20-13-7-15-27(20)16-8-1-2-9-16)21(26-23(28)29)18-11-5-6-14-25-18/h3-7,10-16,21-22H,1-2,8-9H2,(H,26,29). The van der Waals surface area contributed by atoms with Gasteiger partial charge < -0.3 is 14.8 Å². The van der Waals surface area contributed by atoms with Gasteiger partial charge in [-0.1, -0.05) is 31.0 Å². The van der Waals surface area contributed by atoms with E-state index >= 15 is 0 Å². The fraction of sp³-hybridized carbons (Fsp3) is 0.304. The van der Waals surface area contributed by atoms with E-state index in [2.05, 4.69) is 33.2 Å². The van der Waals surface area contributed by atoms with Crippen LogP contribution in [0.1, 0.15) is 55.2 Å². The van der Waals surface area contributed by atoms with E-state index in [1.807, 2.05) is 29.2 Å². The van der Waals surface area contributed by atoms with E-state index in [0.29, 0.717) is 16.8 Å². The van der Waals surface area contributed by atoms with E-state index in [1.165, 1.54) is 31.7 Å². The number of thiocarbonyl (C=S) groups is 1. The molecule has 1 saturated heterocycles. The van der Waals surface area contributed by atoms with Crippen molar-refractivity contribution in [3.8, 4) is 0 Å². The Morgan fingerprint density at radius 3 is 2.55 bits per heavy atom. The number of nitrogens with one attached hydrogen (secondary N) is 1. The van der Waals surface area contributed by atoms with Crippen LogP contribution in [0.5, 0.6) is 0 Å². The summed E-state index contributed by atoms with van der Waals surface area (Å²) in [5.41, 5.74) is 2.54. The molecule has 1 saturated carbocycles. The van der Waals surface area contributed by atoms with Gasteiger partial charge in [-0.05, 0) is 61.5 Å². The summed E-state index contributed by atoms with van der Waals surface area (Å²) in [7, 11) is 0. The topological polar surface area (TPSA) is 33.1 Å². The van der Waals surface area contributed by atoms with Crippen molar-refractivity contribution in [2.75, 3.05) is 4.90 Å². The third-order valence-corrected chi connectivity index (χ3v) is 6.36. The van der Waals surface area contributed by atoms with Gasteiger partial charge >= 0.3 is 0 Å². The van der Waals surface area contributed by atoms with Crippen molar-refractivity contribution in [1.29, 1.82) is 0 Å². The van der Waals surface area contributed by atoms with E-state index in [-0.39, 0.29) is 17.9 Å². The quantitative estimate of drug-likeness (QED) is 0.595. The van der Waals surface area contributed by atoms with Crippen molar-refractivity contribution in [2.45, 2.75) is 43.8 Å². The summed E-state index contributed by atoms with van der Waals surface area (Å²) in [4.78, 5) is 6.50. The molecule has 0 radical (unpaired) electrons. The molecule has 2 unspecified atom stereocenters. The molecule has 3 aromatic rings. The number of benzene rings is 1. The maximum atomic E-state index is 14.8. The maximum absolute atomic E-state index is 14.8. The third kappa shape index (κ3) is 3.21. The Bertz CT molecular complexity index is 1010. The highest BCUT2D eigenvalue weighted by atomic mass is 32.1. The highest BCUT2D eigenvalue weighted by Crippen LogP contribution is 2.44. The molecule has 2 fully saturated rings. The molecule has 148 valence electrons. The number of pyridine rings is 1. The molecule has 3 heterocycles. The van der Waals surface area contributed by atoms with Crippen LogP contribution < -0.4 is 10.2 Å². The molecule has 6 heteroatoms. The fourth-order valence-electron chi connectivity index (χ4n) is 4.73. The Labute approximate surface area is 175 Å². The van der Waals surface area contributed by atoms with Crippen LogP contribution in [-0.2, 0) is 0 Å². The van der Waals surface area contributed by atoms with Crippen LogP contribution in [0.15, 0.2) is 67.0 Å². The van der Waals surface area contributed by atoms with Gasteiger partial charge in [0.1, 0.15) is 11.9 Å². The Hall–Kier alpha value is -2.73. The summed E-state index contributed by atoms with van der Waals surface area (Å²) in [5, 5.41) is 3.94. The Morgan fingerprint density at radius 2 is 1.79 bits per heavy atom. The molecule has 29 heavy (non-hydrogen) atoms. The molecule has 2 aliphatic rings. The largest absolute Gasteiger partial charge is 0.351 e. The SMILES string of the molecule is Fc1ccccc1N1C(=S)NC(c2ccccn2)C1c1cccn1C1CCCC1. The highest BCUT2D eigenvalue weighted by Gasteiger charge is 2.43.